The van der Waals surface area contributed by atoms with Crippen LogP contribution >= 0.6 is 11.8 Å². The van der Waals surface area contributed by atoms with E-state index in [9.17, 15) is 8.78 Å². The molecule has 3 rings (SSSR count). The molecule has 1 aromatic rings. The molecule has 2 fully saturated rings. The Morgan fingerprint density at radius 1 is 1.15 bits per heavy atom. The Balaban J connectivity index is 1.75. The van der Waals surface area contributed by atoms with Gasteiger partial charge in [-0.25, -0.2) is 8.78 Å². The fraction of sp³-hybridized carbons (Fsp3) is 0.600. The van der Waals surface area contributed by atoms with Crippen LogP contribution in [-0.4, -0.2) is 30.6 Å². The molecule has 1 saturated heterocycles. The molecule has 110 valence electrons. The van der Waals surface area contributed by atoms with Gasteiger partial charge in [0.15, 0.2) is 0 Å². The molecule has 1 aromatic carbocycles. The van der Waals surface area contributed by atoms with Gasteiger partial charge in [-0.05, 0) is 42.7 Å². The predicted molar refractivity (Wildman–Crippen MR) is 80.4 cm³/mol. The second-order valence-electron chi connectivity index (χ2n) is 5.52. The number of hydrogen-bond donors (Lipinski definition) is 1. The lowest BCUT2D eigenvalue weighted by Crippen LogP contribution is -2.27. The quantitative estimate of drug-likeness (QED) is 0.919. The molecule has 0 spiro atoms. The van der Waals surface area contributed by atoms with Crippen molar-refractivity contribution in [1.29, 1.82) is 0 Å². The molecular formula is C15H20F2N2S. The van der Waals surface area contributed by atoms with E-state index in [0.29, 0.717) is 18.2 Å². The van der Waals surface area contributed by atoms with Crippen LogP contribution in [0.4, 0.5) is 14.5 Å². The van der Waals surface area contributed by atoms with Crippen molar-refractivity contribution in [3.05, 3.63) is 29.3 Å². The van der Waals surface area contributed by atoms with Crippen LogP contribution < -0.4 is 10.2 Å². The minimum atomic E-state index is -0.426. The Hall–Kier alpha value is -0.810. The number of nitrogens with one attached hydrogen (secondary N) is 1. The Kier molecular flexibility index (Phi) is 4.46. The van der Waals surface area contributed by atoms with Crippen molar-refractivity contribution in [2.45, 2.75) is 31.8 Å². The van der Waals surface area contributed by atoms with Gasteiger partial charge in [0.25, 0.3) is 0 Å². The van der Waals surface area contributed by atoms with Crippen LogP contribution in [0, 0.1) is 11.6 Å². The highest BCUT2D eigenvalue weighted by atomic mass is 32.2. The minimum absolute atomic E-state index is 0.155. The number of rotatable bonds is 4. The first-order valence-electron chi connectivity index (χ1n) is 7.28. The van der Waals surface area contributed by atoms with E-state index < -0.39 is 11.6 Å². The summed E-state index contributed by atoms with van der Waals surface area (Å²) in [5.74, 6) is 1.15. The van der Waals surface area contributed by atoms with Crippen LogP contribution in [0.5, 0.6) is 0 Å². The van der Waals surface area contributed by atoms with Crippen molar-refractivity contribution in [2.24, 2.45) is 0 Å². The highest BCUT2D eigenvalue weighted by Crippen LogP contribution is 2.27. The van der Waals surface area contributed by atoms with Gasteiger partial charge in [0.1, 0.15) is 17.3 Å². The van der Waals surface area contributed by atoms with E-state index in [4.69, 9.17) is 0 Å². The Bertz CT molecular complexity index is 446. The van der Waals surface area contributed by atoms with Gasteiger partial charge in [-0.1, -0.05) is 0 Å². The largest absolute Gasteiger partial charge is 0.366 e. The smallest absolute Gasteiger partial charge is 0.149 e. The third-order valence-electron chi connectivity index (χ3n) is 3.79. The molecule has 0 aromatic heterocycles. The van der Waals surface area contributed by atoms with Crippen molar-refractivity contribution >= 4 is 17.4 Å². The molecular weight excluding hydrogens is 278 g/mol. The second-order valence-corrected chi connectivity index (χ2v) is 6.74. The lowest BCUT2D eigenvalue weighted by molar-refractivity contribution is 0.565. The van der Waals surface area contributed by atoms with Gasteiger partial charge in [0, 0.05) is 31.4 Å². The summed E-state index contributed by atoms with van der Waals surface area (Å²) in [6.45, 7) is 2.01. The average Bonchev–Trinajstić information content (AvgIpc) is 3.23. The highest BCUT2D eigenvalue weighted by molar-refractivity contribution is 7.99. The summed E-state index contributed by atoms with van der Waals surface area (Å²) in [6, 6.07) is 3.50. The highest BCUT2D eigenvalue weighted by Gasteiger charge is 2.22. The Labute approximate surface area is 122 Å². The zero-order valence-corrected chi connectivity index (χ0v) is 12.3. The summed E-state index contributed by atoms with van der Waals surface area (Å²) in [4.78, 5) is 1.85. The van der Waals surface area contributed by atoms with E-state index in [1.807, 2.05) is 16.7 Å². The summed E-state index contributed by atoms with van der Waals surface area (Å²) in [5, 5.41) is 3.29. The third kappa shape index (κ3) is 3.44. The van der Waals surface area contributed by atoms with Gasteiger partial charge < -0.3 is 10.2 Å². The molecule has 20 heavy (non-hydrogen) atoms. The van der Waals surface area contributed by atoms with Crippen LogP contribution in [0.25, 0.3) is 0 Å². The molecule has 0 bridgehead atoms. The molecule has 1 aliphatic heterocycles. The van der Waals surface area contributed by atoms with Crippen molar-refractivity contribution in [1.82, 2.24) is 5.32 Å². The summed E-state index contributed by atoms with van der Waals surface area (Å²) >= 11 is 1.85. The number of thioether (sulfide) groups is 1. The third-order valence-corrected chi connectivity index (χ3v) is 4.84. The van der Waals surface area contributed by atoms with E-state index in [1.54, 1.807) is 0 Å². The number of anilines is 1. The maximum atomic E-state index is 14.3. The predicted octanol–water partition coefficient (Wildman–Crippen LogP) is 3.16. The summed E-state index contributed by atoms with van der Waals surface area (Å²) < 4.78 is 28.5. The van der Waals surface area contributed by atoms with Crippen LogP contribution in [0.15, 0.2) is 12.1 Å². The first kappa shape index (κ1) is 14.1. The molecule has 1 aliphatic carbocycles. The minimum Gasteiger partial charge on any atom is -0.366 e. The van der Waals surface area contributed by atoms with E-state index in [1.165, 1.54) is 25.0 Å². The van der Waals surface area contributed by atoms with Crippen LogP contribution in [-0.2, 0) is 6.54 Å². The number of nitrogens with zero attached hydrogens (tertiary/aromatic N) is 1. The van der Waals surface area contributed by atoms with Gasteiger partial charge in [0.2, 0.25) is 0 Å². The first-order chi connectivity index (χ1) is 9.74. The molecule has 0 atom stereocenters. The van der Waals surface area contributed by atoms with Crippen LogP contribution in [0.2, 0.25) is 0 Å². The standard InChI is InChI=1S/C15H20F2N2S/c16-13-8-11(10-18-12-2-3-12)9-14(17)15(13)19-4-1-6-20-7-5-19/h8-9,12,18H,1-7,10H2. The van der Waals surface area contributed by atoms with E-state index in [-0.39, 0.29) is 5.69 Å². The molecule has 2 aliphatic rings. The topological polar surface area (TPSA) is 15.3 Å². The monoisotopic (exact) mass is 298 g/mol. The maximum Gasteiger partial charge on any atom is 0.149 e. The number of halogens is 2. The van der Waals surface area contributed by atoms with Crippen LogP contribution in [0.3, 0.4) is 0 Å². The fourth-order valence-corrected chi connectivity index (χ4v) is 3.43. The zero-order chi connectivity index (χ0) is 13.9. The van der Waals surface area contributed by atoms with Crippen molar-refractivity contribution in [2.75, 3.05) is 29.5 Å². The fourth-order valence-electron chi connectivity index (χ4n) is 2.54. The van der Waals surface area contributed by atoms with Gasteiger partial charge in [-0.2, -0.15) is 11.8 Å². The van der Waals surface area contributed by atoms with E-state index in [2.05, 4.69) is 5.32 Å². The van der Waals surface area contributed by atoms with Gasteiger partial charge in [-0.3, -0.25) is 0 Å². The lowest BCUT2D eigenvalue weighted by atomic mass is 10.1. The summed E-state index contributed by atoms with van der Waals surface area (Å²) in [5.41, 5.74) is 0.850. The number of benzene rings is 1. The molecule has 0 radical (unpaired) electrons. The average molecular weight is 298 g/mol. The number of hydrogen-bond acceptors (Lipinski definition) is 3. The van der Waals surface area contributed by atoms with E-state index in [0.717, 1.165) is 31.0 Å². The molecule has 0 amide bonds. The molecule has 1 heterocycles. The van der Waals surface area contributed by atoms with E-state index >= 15 is 0 Å². The molecule has 1 saturated carbocycles. The normalized spacial score (nSPS) is 20.0. The van der Waals surface area contributed by atoms with Crippen molar-refractivity contribution in [3.63, 3.8) is 0 Å². The van der Waals surface area contributed by atoms with Crippen LogP contribution in [0.1, 0.15) is 24.8 Å². The summed E-state index contributed by atoms with van der Waals surface area (Å²) in [6.07, 6.45) is 3.33. The Morgan fingerprint density at radius 3 is 2.60 bits per heavy atom. The van der Waals surface area contributed by atoms with Gasteiger partial charge in [0.05, 0.1) is 0 Å². The molecule has 1 N–H and O–H groups in total. The first-order valence-corrected chi connectivity index (χ1v) is 8.43. The maximum absolute atomic E-state index is 14.3. The van der Waals surface area contributed by atoms with Crippen molar-refractivity contribution < 1.29 is 8.78 Å². The summed E-state index contributed by atoms with van der Waals surface area (Å²) in [7, 11) is 0. The molecule has 0 unspecified atom stereocenters. The lowest BCUT2D eigenvalue weighted by Gasteiger charge is -2.23. The Morgan fingerprint density at radius 2 is 1.90 bits per heavy atom. The van der Waals surface area contributed by atoms with Gasteiger partial charge >= 0.3 is 0 Å². The SMILES string of the molecule is Fc1cc(CNC2CC2)cc(F)c1N1CCCSCC1. The molecule has 2 nitrogen and oxygen atoms in total. The van der Waals surface area contributed by atoms with Gasteiger partial charge in [-0.15, -0.1) is 0 Å². The molecule has 5 heteroatoms. The zero-order valence-electron chi connectivity index (χ0n) is 11.5. The second kappa shape index (κ2) is 6.31. The van der Waals surface area contributed by atoms with Crippen molar-refractivity contribution in [3.8, 4) is 0 Å².